The van der Waals surface area contributed by atoms with Crippen LogP contribution in [0.3, 0.4) is 0 Å². The summed E-state index contributed by atoms with van der Waals surface area (Å²) in [4.78, 5) is 33.1. The van der Waals surface area contributed by atoms with E-state index in [0.717, 1.165) is 12.2 Å². The lowest BCUT2D eigenvalue weighted by Gasteiger charge is -2.09. The Morgan fingerprint density at radius 3 is 2.06 bits per heavy atom. The molecule has 96 valence electrons. The summed E-state index contributed by atoms with van der Waals surface area (Å²) in [5, 5.41) is 0. The Hall–Kier alpha value is -1.85. The highest BCUT2D eigenvalue weighted by atomic mass is 16.6. The van der Waals surface area contributed by atoms with Crippen molar-refractivity contribution in [2.24, 2.45) is 0 Å². The summed E-state index contributed by atoms with van der Waals surface area (Å²) in [6.07, 6.45) is 0.825. The van der Waals surface area contributed by atoms with E-state index >= 15 is 0 Å². The summed E-state index contributed by atoms with van der Waals surface area (Å²) in [6, 6.07) is 0. The summed E-state index contributed by atoms with van der Waals surface area (Å²) in [6.45, 7) is 5.10. The molecular formula is C11H16O6. The zero-order valence-electron chi connectivity index (χ0n) is 10.1. The molecule has 0 radical (unpaired) electrons. The minimum atomic E-state index is -1.01. The number of hydrogen-bond donors (Lipinski definition) is 0. The van der Waals surface area contributed by atoms with Crippen molar-refractivity contribution in [1.29, 1.82) is 0 Å². The molecule has 0 saturated carbocycles. The van der Waals surface area contributed by atoms with E-state index in [9.17, 15) is 14.4 Å². The van der Waals surface area contributed by atoms with E-state index in [0.29, 0.717) is 0 Å². The minimum Gasteiger partial charge on any atom is -0.463 e. The van der Waals surface area contributed by atoms with Crippen molar-refractivity contribution in [1.82, 2.24) is 0 Å². The molecule has 0 fully saturated rings. The summed E-state index contributed by atoms with van der Waals surface area (Å²) < 4.78 is 13.9. The molecule has 0 aliphatic heterocycles. The van der Waals surface area contributed by atoms with Crippen molar-refractivity contribution in [2.45, 2.75) is 26.9 Å². The monoisotopic (exact) mass is 244 g/mol. The van der Waals surface area contributed by atoms with Gasteiger partial charge in [0.25, 0.3) is 0 Å². The number of ether oxygens (including phenoxy) is 3. The van der Waals surface area contributed by atoms with E-state index in [1.807, 2.05) is 0 Å². The van der Waals surface area contributed by atoms with Gasteiger partial charge in [0.05, 0.1) is 13.2 Å². The van der Waals surface area contributed by atoms with Gasteiger partial charge in [-0.3, -0.25) is 0 Å². The van der Waals surface area contributed by atoms with Crippen LogP contribution >= 0.6 is 0 Å². The maximum atomic E-state index is 11.1. The maximum Gasteiger partial charge on any atom is 0.347 e. The second-order valence-electron chi connectivity index (χ2n) is 2.92. The Bertz CT molecular complexity index is 307. The highest BCUT2D eigenvalue weighted by Crippen LogP contribution is 1.96. The molecule has 0 amide bonds. The van der Waals surface area contributed by atoms with Gasteiger partial charge in [-0.1, -0.05) is 0 Å². The van der Waals surface area contributed by atoms with Gasteiger partial charge in [0.2, 0.25) is 0 Å². The summed E-state index contributed by atoms with van der Waals surface area (Å²) >= 11 is 0. The zero-order chi connectivity index (χ0) is 13.3. The van der Waals surface area contributed by atoms with Gasteiger partial charge in [0, 0.05) is 12.2 Å². The lowest BCUT2D eigenvalue weighted by molar-refractivity contribution is -0.163. The second-order valence-corrected chi connectivity index (χ2v) is 2.92. The SMILES string of the molecule is CCOC(=O)/C=C\C(=O)OC(C)C(=O)OCC. The third-order valence-electron chi connectivity index (χ3n) is 1.55. The average Bonchev–Trinajstić information content (AvgIpc) is 2.27. The number of esters is 3. The molecule has 0 saturated heterocycles. The lowest BCUT2D eigenvalue weighted by atomic mass is 10.4. The van der Waals surface area contributed by atoms with Crippen molar-refractivity contribution in [3.63, 3.8) is 0 Å². The smallest absolute Gasteiger partial charge is 0.347 e. The molecule has 0 aliphatic rings. The first-order valence-corrected chi connectivity index (χ1v) is 5.23. The Labute approximate surface area is 99.5 Å². The van der Waals surface area contributed by atoms with Crippen molar-refractivity contribution >= 4 is 17.9 Å². The number of carbonyl (C=O) groups is 3. The fourth-order valence-electron chi connectivity index (χ4n) is 0.848. The molecule has 0 bridgehead atoms. The van der Waals surface area contributed by atoms with Crippen LogP contribution in [-0.2, 0) is 28.6 Å². The van der Waals surface area contributed by atoms with Gasteiger partial charge in [-0.2, -0.15) is 0 Å². The van der Waals surface area contributed by atoms with E-state index in [1.165, 1.54) is 6.92 Å². The molecule has 0 spiro atoms. The highest BCUT2D eigenvalue weighted by Gasteiger charge is 2.17. The number of hydrogen-bond acceptors (Lipinski definition) is 6. The Morgan fingerprint density at radius 2 is 1.53 bits per heavy atom. The van der Waals surface area contributed by atoms with E-state index in [-0.39, 0.29) is 13.2 Å². The first-order chi connectivity index (χ1) is 8.01. The van der Waals surface area contributed by atoms with Gasteiger partial charge in [-0.25, -0.2) is 14.4 Å². The molecule has 0 N–H and O–H groups in total. The fourth-order valence-corrected chi connectivity index (χ4v) is 0.848. The Morgan fingerprint density at radius 1 is 1.00 bits per heavy atom. The van der Waals surface area contributed by atoms with Crippen molar-refractivity contribution < 1.29 is 28.6 Å². The minimum absolute atomic E-state index is 0.208. The van der Waals surface area contributed by atoms with Gasteiger partial charge in [-0.15, -0.1) is 0 Å². The van der Waals surface area contributed by atoms with Crippen molar-refractivity contribution in [3.8, 4) is 0 Å². The standard InChI is InChI=1S/C11H16O6/c1-4-15-9(12)6-7-10(13)17-8(3)11(14)16-5-2/h6-8H,4-5H2,1-3H3/b7-6-. The molecular weight excluding hydrogens is 228 g/mol. The number of carbonyl (C=O) groups excluding carboxylic acids is 3. The van der Waals surface area contributed by atoms with Crippen LogP contribution in [0.25, 0.3) is 0 Å². The van der Waals surface area contributed by atoms with Crippen LogP contribution in [0.1, 0.15) is 20.8 Å². The van der Waals surface area contributed by atoms with Gasteiger partial charge >= 0.3 is 17.9 Å². The van der Waals surface area contributed by atoms with Crippen LogP contribution in [0.5, 0.6) is 0 Å². The van der Waals surface area contributed by atoms with Crippen LogP contribution < -0.4 is 0 Å². The molecule has 6 nitrogen and oxygen atoms in total. The largest absolute Gasteiger partial charge is 0.463 e. The molecule has 0 aromatic rings. The zero-order valence-corrected chi connectivity index (χ0v) is 10.1. The summed E-state index contributed by atoms with van der Waals surface area (Å²) in [7, 11) is 0. The van der Waals surface area contributed by atoms with Gasteiger partial charge in [0.15, 0.2) is 6.10 Å². The van der Waals surface area contributed by atoms with Crippen LogP contribution in [-0.4, -0.2) is 37.2 Å². The normalized spacial score (nSPS) is 11.9. The molecule has 0 aliphatic carbocycles. The Kier molecular flexibility index (Phi) is 7.41. The van der Waals surface area contributed by atoms with Crippen LogP contribution in [0, 0.1) is 0 Å². The predicted molar refractivity (Wildman–Crippen MR) is 58.0 cm³/mol. The quantitative estimate of drug-likeness (QED) is 0.387. The molecule has 0 aromatic carbocycles. The lowest BCUT2D eigenvalue weighted by Crippen LogP contribution is -2.25. The molecule has 17 heavy (non-hydrogen) atoms. The predicted octanol–water partition coefficient (Wildman–Crippen LogP) is 0.600. The molecule has 0 aromatic heterocycles. The molecule has 0 rings (SSSR count). The fraction of sp³-hybridized carbons (Fsp3) is 0.545. The van der Waals surface area contributed by atoms with E-state index in [2.05, 4.69) is 14.2 Å². The first kappa shape index (κ1) is 15.2. The molecule has 1 atom stereocenters. The number of rotatable bonds is 6. The third-order valence-corrected chi connectivity index (χ3v) is 1.55. The molecule has 0 heterocycles. The maximum absolute atomic E-state index is 11.1. The van der Waals surface area contributed by atoms with Crippen LogP contribution in [0.15, 0.2) is 12.2 Å². The Balaban J connectivity index is 4.09. The van der Waals surface area contributed by atoms with Crippen molar-refractivity contribution in [3.05, 3.63) is 12.2 Å². The van der Waals surface area contributed by atoms with Gasteiger partial charge in [0.1, 0.15) is 0 Å². The van der Waals surface area contributed by atoms with Crippen molar-refractivity contribution in [2.75, 3.05) is 13.2 Å². The van der Waals surface area contributed by atoms with Crippen LogP contribution in [0.4, 0.5) is 0 Å². The van der Waals surface area contributed by atoms with E-state index in [4.69, 9.17) is 0 Å². The molecule has 6 heteroatoms. The topological polar surface area (TPSA) is 78.9 Å². The third kappa shape index (κ3) is 7.10. The van der Waals surface area contributed by atoms with E-state index in [1.54, 1.807) is 13.8 Å². The van der Waals surface area contributed by atoms with Crippen LogP contribution in [0.2, 0.25) is 0 Å². The summed E-state index contributed by atoms with van der Waals surface area (Å²) in [5.41, 5.74) is 0. The van der Waals surface area contributed by atoms with E-state index < -0.39 is 24.0 Å². The summed E-state index contributed by atoms with van der Waals surface area (Å²) in [5.74, 6) is -2.09. The first-order valence-electron chi connectivity index (χ1n) is 5.23. The van der Waals surface area contributed by atoms with Gasteiger partial charge in [-0.05, 0) is 20.8 Å². The van der Waals surface area contributed by atoms with Gasteiger partial charge < -0.3 is 14.2 Å². The second kappa shape index (κ2) is 8.32. The average molecular weight is 244 g/mol. The molecule has 1 unspecified atom stereocenters. The highest BCUT2D eigenvalue weighted by molar-refractivity contribution is 5.92.